The predicted molar refractivity (Wildman–Crippen MR) is 103 cm³/mol. The minimum atomic E-state index is -0.487. The molecule has 0 radical (unpaired) electrons. The lowest BCUT2D eigenvalue weighted by atomic mass is 10.1. The first kappa shape index (κ1) is 16.1. The van der Waals surface area contributed by atoms with Gasteiger partial charge in [-0.3, -0.25) is 9.78 Å². The van der Waals surface area contributed by atoms with Crippen molar-refractivity contribution in [3.63, 3.8) is 0 Å². The van der Waals surface area contributed by atoms with E-state index in [4.69, 9.17) is 9.47 Å². The van der Waals surface area contributed by atoms with Gasteiger partial charge in [0.2, 0.25) is 5.91 Å². The van der Waals surface area contributed by atoms with Gasteiger partial charge in [-0.25, -0.2) is 0 Å². The lowest BCUT2D eigenvalue weighted by molar-refractivity contribution is -0.115. The number of rotatable bonds is 3. The Hall–Kier alpha value is -3.08. The van der Waals surface area contributed by atoms with Crippen molar-refractivity contribution in [1.29, 1.82) is 0 Å². The number of nitrogens with zero attached hydrogens (tertiary/aromatic N) is 1. The number of pyridine rings is 1. The highest BCUT2D eigenvalue weighted by atomic mass is 16.7. The normalized spacial score (nSPS) is 16.7. The molecule has 0 unspecified atom stereocenters. The average molecular weight is 360 g/mol. The number of hydrogen-bond donors (Lipinski definition) is 1. The smallest absolute Gasteiger partial charge is 0.251 e. The van der Waals surface area contributed by atoms with Crippen LogP contribution in [-0.4, -0.2) is 16.7 Å². The standard InChI is InChI=1S/C22H20N2O3/c25-20(13-16-6-3-5-15-7-4-12-23-21(15)16)24-17-8-9-18-19(14-17)27-22(26-18)10-1-2-11-22/h3-9,12,14H,1-2,10-11,13H2,(H,24,25). The van der Waals surface area contributed by atoms with Crippen LogP contribution in [0.5, 0.6) is 11.5 Å². The van der Waals surface area contributed by atoms with E-state index < -0.39 is 5.79 Å². The molecule has 5 nitrogen and oxygen atoms in total. The second-order valence-electron chi connectivity index (χ2n) is 7.20. The Morgan fingerprint density at radius 3 is 2.74 bits per heavy atom. The van der Waals surface area contributed by atoms with Gasteiger partial charge in [0.25, 0.3) is 5.79 Å². The third-order valence-electron chi connectivity index (χ3n) is 5.25. The summed E-state index contributed by atoms with van der Waals surface area (Å²) in [6.07, 6.45) is 6.09. The van der Waals surface area contributed by atoms with Crippen LogP contribution in [0.1, 0.15) is 31.2 Å². The van der Waals surface area contributed by atoms with Crippen LogP contribution in [0, 0.1) is 0 Å². The van der Waals surface area contributed by atoms with Crippen molar-refractivity contribution >= 4 is 22.5 Å². The highest BCUT2D eigenvalue weighted by Crippen LogP contribution is 2.47. The summed E-state index contributed by atoms with van der Waals surface area (Å²) >= 11 is 0. The number of anilines is 1. The van der Waals surface area contributed by atoms with Crippen molar-refractivity contribution in [2.75, 3.05) is 5.32 Å². The Morgan fingerprint density at radius 2 is 1.85 bits per heavy atom. The van der Waals surface area contributed by atoms with Crippen LogP contribution in [0.25, 0.3) is 10.9 Å². The molecular formula is C22H20N2O3. The van der Waals surface area contributed by atoms with Crippen LogP contribution in [0.2, 0.25) is 0 Å². The molecule has 0 saturated heterocycles. The number of ether oxygens (including phenoxy) is 2. The van der Waals surface area contributed by atoms with Gasteiger partial charge in [-0.05, 0) is 36.6 Å². The molecule has 3 aromatic rings. The largest absolute Gasteiger partial charge is 0.448 e. The molecule has 27 heavy (non-hydrogen) atoms. The van der Waals surface area contributed by atoms with E-state index in [1.165, 1.54) is 0 Å². The van der Waals surface area contributed by atoms with E-state index in [1.54, 1.807) is 6.20 Å². The van der Waals surface area contributed by atoms with Crippen molar-refractivity contribution in [3.8, 4) is 11.5 Å². The van der Waals surface area contributed by atoms with E-state index in [1.807, 2.05) is 48.5 Å². The van der Waals surface area contributed by atoms with Gasteiger partial charge in [0, 0.05) is 36.2 Å². The van der Waals surface area contributed by atoms with Gasteiger partial charge in [-0.1, -0.05) is 24.3 Å². The third kappa shape index (κ3) is 2.99. The highest BCUT2D eigenvalue weighted by molar-refractivity contribution is 5.95. The molecule has 2 aromatic carbocycles. The van der Waals surface area contributed by atoms with Crippen LogP contribution in [-0.2, 0) is 11.2 Å². The van der Waals surface area contributed by atoms with Gasteiger partial charge in [0.15, 0.2) is 11.5 Å². The van der Waals surface area contributed by atoms with Gasteiger partial charge >= 0.3 is 0 Å². The first-order valence-electron chi connectivity index (χ1n) is 9.35. The number of benzene rings is 2. The van der Waals surface area contributed by atoms with Gasteiger partial charge in [0.1, 0.15) is 0 Å². The zero-order valence-electron chi connectivity index (χ0n) is 14.9. The topological polar surface area (TPSA) is 60.5 Å². The number of amides is 1. The maximum absolute atomic E-state index is 12.6. The van der Waals surface area contributed by atoms with E-state index in [2.05, 4.69) is 10.3 Å². The lowest BCUT2D eigenvalue weighted by Crippen LogP contribution is -2.34. The second-order valence-corrected chi connectivity index (χ2v) is 7.20. The summed E-state index contributed by atoms with van der Waals surface area (Å²) in [5, 5.41) is 4.00. The molecule has 1 aliphatic heterocycles. The fraction of sp³-hybridized carbons (Fsp3) is 0.273. The molecule has 1 saturated carbocycles. The quantitative estimate of drug-likeness (QED) is 0.749. The summed E-state index contributed by atoms with van der Waals surface area (Å²) in [6, 6.07) is 15.4. The number of carbonyl (C=O) groups is 1. The van der Waals surface area contributed by atoms with Crippen LogP contribution >= 0.6 is 0 Å². The Morgan fingerprint density at radius 1 is 1.04 bits per heavy atom. The second kappa shape index (κ2) is 6.27. The molecule has 0 atom stereocenters. The molecule has 1 fully saturated rings. The summed E-state index contributed by atoms with van der Waals surface area (Å²) in [4.78, 5) is 17.0. The summed E-state index contributed by atoms with van der Waals surface area (Å²) < 4.78 is 12.1. The van der Waals surface area contributed by atoms with E-state index >= 15 is 0 Å². The van der Waals surface area contributed by atoms with Gasteiger partial charge < -0.3 is 14.8 Å². The van der Waals surface area contributed by atoms with Crippen LogP contribution in [0.15, 0.2) is 54.7 Å². The Kier molecular flexibility index (Phi) is 3.74. The van der Waals surface area contributed by atoms with Crippen molar-refractivity contribution in [3.05, 3.63) is 60.3 Å². The minimum absolute atomic E-state index is 0.0809. The molecule has 1 spiro atoms. The summed E-state index contributed by atoms with van der Waals surface area (Å²) in [5.41, 5.74) is 2.49. The molecule has 5 heteroatoms. The first-order chi connectivity index (χ1) is 13.2. The number of nitrogens with one attached hydrogen (secondary N) is 1. The number of aromatic nitrogens is 1. The van der Waals surface area contributed by atoms with Gasteiger partial charge in [0.05, 0.1) is 11.9 Å². The maximum atomic E-state index is 12.6. The van der Waals surface area contributed by atoms with Crippen LogP contribution < -0.4 is 14.8 Å². The van der Waals surface area contributed by atoms with Crippen molar-refractivity contribution < 1.29 is 14.3 Å². The fourth-order valence-electron chi connectivity index (χ4n) is 3.98. The summed E-state index contributed by atoms with van der Waals surface area (Å²) in [5.74, 6) is 0.900. The average Bonchev–Trinajstić information content (AvgIpc) is 3.27. The van der Waals surface area contributed by atoms with E-state index in [0.29, 0.717) is 11.4 Å². The molecule has 1 aromatic heterocycles. The molecule has 0 bridgehead atoms. The van der Waals surface area contributed by atoms with Crippen molar-refractivity contribution in [2.45, 2.75) is 37.9 Å². The van der Waals surface area contributed by atoms with E-state index in [-0.39, 0.29) is 12.3 Å². The van der Waals surface area contributed by atoms with Crippen LogP contribution in [0.3, 0.4) is 0 Å². The number of hydrogen-bond acceptors (Lipinski definition) is 4. The number of carbonyl (C=O) groups excluding carboxylic acids is 1. The summed E-state index contributed by atoms with van der Waals surface area (Å²) in [6.45, 7) is 0. The zero-order valence-corrected chi connectivity index (χ0v) is 14.9. The Bertz CT molecular complexity index is 1020. The van der Waals surface area contributed by atoms with E-state index in [9.17, 15) is 4.79 Å². The summed E-state index contributed by atoms with van der Waals surface area (Å²) in [7, 11) is 0. The predicted octanol–water partition coefficient (Wildman–Crippen LogP) is 4.46. The Labute approximate surface area is 157 Å². The molecular weight excluding hydrogens is 340 g/mol. The Balaban J connectivity index is 1.32. The fourth-order valence-corrected chi connectivity index (χ4v) is 3.98. The van der Waals surface area contributed by atoms with Gasteiger partial charge in [-0.2, -0.15) is 0 Å². The number of para-hydroxylation sites is 1. The lowest BCUT2D eigenvalue weighted by Gasteiger charge is -2.21. The van der Waals surface area contributed by atoms with Gasteiger partial charge in [-0.15, -0.1) is 0 Å². The van der Waals surface area contributed by atoms with E-state index in [0.717, 1.165) is 47.9 Å². The molecule has 1 amide bonds. The SMILES string of the molecule is O=C(Cc1cccc2cccnc12)Nc1ccc2c(c1)OC1(CCCC1)O2. The molecule has 1 N–H and O–H groups in total. The van der Waals surface area contributed by atoms with Crippen molar-refractivity contribution in [1.82, 2.24) is 4.98 Å². The highest BCUT2D eigenvalue weighted by Gasteiger charge is 2.44. The van der Waals surface area contributed by atoms with Crippen LogP contribution in [0.4, 0.5) is 5.69 Å². The maximum Gasteiger partial charge on any atom is 0.251 e. The molecule has 5 rings (SSSR count). The zero-order chi connectivity index (χ0) is 18.3. The monoisotopic (exact) mass is 360 g/mol. The third-order valence-corrected chi connectivity index (χ3v) is 5.25. The molecule has 2 heterocycles. The molecule has 136 valence electrons. The first-order valence-corrected chi connectivity index (χ1v) is 9.35. The molecule has 1 aliphatic carbocycles. The minimum Gasteiger partial charge on any atom is -0.448 e. The molecule has 2 aliphatic rings. The number of fused-ring (bicyclic) bond motifs is 2. The van der Waals surface area contributed by atoms with Crippen molar-refractivity contribution in [2.24, 2.45) is 0 Å².